The van der Waals surface area contributed by atoms with Crippen LogP contribution in [0.2, 0.25) is 0 Å². The van der Waals surface area contributed by atoms with E-state index in [1.165, 1.54) is 29.6 Å². The molecule has 0 atom stereocenters. The molecule has 2 aromatic carbocycles. The zero-order chi connectivity index (χ0) is 23.0. The number of sulfonamides is 1. The van der Waals surface area contributed by atoms with Crippen LogP contribution < -0.4 is 10.1 Å². The van der Waals surface area contributed by atoms with E-state index in [1.54, 1.807) is 13.8 Å². The molecule has 0 fully saturated rings. The smallest absolute Gasteiger partial charge is 0.259 e. The number of hydrogen-bond acceptors (Lipinski definition) is 5. The van der Waals surface area contributed by atoms with Crippen molar-refractivity contribution in [1.82, 2.24) is 9.21 Å². The van der Waals surface area contributed by atoms with Gasteiger partial charge >= 0.3 is 0 Å². The Morgan fingerprint density at radius 1 is 0.968 bits per heavy atom. The molecule has 1 N–H and O–H groups in total. The molecule has 0 saturated heterocycles. The number of methoxy groups -OCH3 is 1. The molecule has 2 rings (SSSR count). The first-order chi connectivity index (χ1) is 14.8. The monoisotopic (exact) mass is 447 g/mol. The first-order valence-corrected chi connectivity index (χ1v) is 12.0. The maximum Gasteiger partial charge on any atom is 0.259 e. The summed E-state index contributed by atoms with van der Waals surface area (Å²) in [5, 5.41) is 2.87. The van der Waals surface area contributed by atoms with Gasteiger partial charge in [0.1, 0.15) is 5.75 Å². The summed E-state index contributed by atoms with van der Waals surface area (Å²) in [5.74, 6) is -0.108. The second-order valence-corrected chi connectivity index (χ2v) is 9.01. The second-order valence-electron chi connectivity index (χ2n) is 7.07. The molecule has 2 aromatic rings. The first-order valence-electron chi connectivity index (χ1n) is 10.6. The minimum atomic E-state index is -3.69. The molecule has 1 amide bonds. The van der Waals surface area contributed by atoms with Crippen LogP contribution in [0, 0.1) is 0 Å². The molecule has 0 saturated carbocycles. The Labute approximate surface area is 186 Å². The Kier molecular flexibility index (Phi) is 9.03. The lowest BCUT2D eigenvalue weighted by Gasteiger charge is -2.20. The van der Waals surface area contributed by atoms with Gasteiger partial charge < -0.3 is 10.1 Å². The molecule has 170 valence electrons. The number of ether oxygens (including phenoxy) is 1. The third-order valence-electron chi connectivity index (χ3n) is 5.24. The molecule has 0 spiro atoms. The van der Waals surface area contributed by atoms with Gasteiger partial charge in [-0.2, -0.15) is 4.31 Å². The van der Waals surface area contributed by atoms with Crippen molar-refractivity contribution < 1.29 is 17.9 Å². The van der Waals surface area contributed by atoms with Crippen molar-refractivity contribution in [1.29, 1.82) is 0 Å². The quantitative estimate of drug-likeness (QED) is 0.567. The van der Waals surface area contributed by atoms with Crippen LogP contribution in [0.4, 0.5) is 5.69 Å². The number of amides is 1. The van der Waals surface area contributed by atoms with E-state index in [1.807, 2.05) is 24.3 Å². The number of rotatable bonds is 11. The lowest BCUT2D eigenvalue weighted by Crippen LogP contribution is -2.30. The van der Waals surface area contributed by atoms with Gasteiger partial charge in [0.2, 0.25) is 10.0 Å². The molecule has 0 unspecified atom stereocenters. The topological polar surface area (TPSA) is 79.0 Å². The Morgan fingerprint density at radius 2 is 1.65 bits per heavy atom. The van der Waals surface area contributed by atoms with E-state index < -0.39 is 15.9 Å². The van der Waals surface area contributed by atoms with Crippen LogP contribution >= 0.6 is 0 Å². The Balaban J connectivity index is 2.33. The molecule has 0 aliphatic heterocycles. The molecule has 0 aromatic heterocycles. The average molecular weight is 448 g/mol. The highest BCUT2D eigenvalue weighted by Crippen LogP contribution is 2.26. The van der Waals surface area contributed by atoms with E-state index in [0.717, 1.165) is 25.2 Å². The Morgan fingerprint density at radius 3 is 2.23 bits per heavy atom. The Bertz CT molecular complexity index is 984. The van der Waals surface area contributed by atoms with Gasteiger partial charge in [-0.15, -0.1) is 0 Å². The number of hydrogen-bond donors (Lipinski definition) is 1. The van der Waals surface area contributed by atoms with Crippen molar-refractivity contribution in [2.24, 2.45) is 0 Å². The predicted molar refractivity (Wildman–Crippen MR) is 124 cm³/mol. The number of benzene rings is 2. The van der Waals surface area contributed by atoms with Gasteiger partial charge in [0.05, 0.1) is 17.6 Å². The van der Waals surface area contributed by atoms with E-state index >= 15 is 0 Å². The third kappa shape index (κ3) is 6.06. The molecule has 0 heterocycles. The lowest BCUT2D eigenvalue weighted by atomic mass is 10.1. The van der Waals surface area contributed by atoms with Gasteiger partial charge in [-0.3, -0.25) is 9.69 Å². The number of nitrogens with zero attached hydrogens (tertiary/aromatic N) is 2. The van der Waals surface area contributed by atoms with Crippen molar-refractivity contribution in [2.75, 3.05) is 38.6 Å². The number of anilines is 1. The maximum atomic E-state index is 13.0. The minimum Gasteiger partial charge on any atom is -0.496 e. The molecule has 31 heavy (non-hydrogen) atoms. The summed E-state index contributed by atoms with van der Waals surface area (Å²) < 4.78 is 32.4. The molecule has 0 aliphatic rings. The average Bonchev–Trinajstić information content (AvgIpc) is 2.77. The summed E-state index contributed by atoms with van der Waals surface area (Å²) in [6.45, 7) is 11.2. The van der Waals surface area contributed by atoms with Gasteiger partial charge in [0.15, 0.2) is 0 Å². The summed E-state index contributed by atoms with van der Waals surface area (Å²) >= 11 is 0. The van der Waals surface area contributed by atoms with Gasteiger partial charge in [0.25, 0.3) is 5.91 Å². The highest BCUT2D eigenvalue weighted by molar-refractivity contribution is 7.89. The number of carbonyl (C=O) groups is 1. The Hall–Kier alpha value is -2.42. The van der Waals surface area contributed by atoms with Gasteiger partial charge in [-0.25, -0.2) is 8.42 Å². The standard InChI is InChI=1S/C23H33N3O4S/c1-6-25(7-2)17-18-11-10-12-19(15-18)24-23(27)21-16-20(13-14-22(21)30-5)31(28,29)26(8-3)9-4/h10-16H,6-9,17H2,1-5H3,(H,24,27). The van der Waals surface area contributed by atoms with E-state index in [0.29, 0.717) is 24.5 Å². The lowest BCUT2D eigenvalue weighted by molar-refractivity contribution is 0.102. The normalized spacial score (nSPS) is 11.7. The molecular formula is C23H33N3O4S. The van der Waals surface area contributed by atoms with Crippen molar-refractivity contribution in [3.05, 3.63) is 53.6 Å². The fourth-order valence-corrected chi connectivity index (χ4v) is 4.87. The van der Waals surface area contributed by atoms with Crippen LogP contribution in [0.1, 0.15) is 43.6 Å². The highest BCUT2D eigenvalue weighted by atomic mass is 32.2. The SMILES string of the molecule is CCN(CC)Cc1cccc(NC(=O)c2cc(S(=O)(=O)N(CC)CC)ccc2OC)c1. The highest BCUT2D eigenvalue weighted by Gasteiger charge is 2.24. The van der Waals surface area contributed by atoms with Crippen molar-refractivity contribution in [3.63, 3.8) is 0 Å². The van der Waals surface area contributed by atoms with Crippen LogP contribution in [-0.4, -0.2) is 56.8 Å². The molecule has 7 nitrogen and oxygen atoms in total. The van der Waals surface area contributed by atoms with Crippen molar-refractivity contribution in [3.8, 4) is 5.75 Å². The summed E-state index contributed by atoms with van der Waals surface area (Å²) in [6.07, 6.45) is 0. The van der Waals surface area contributed by atoms with Gasteiger partial charge in [-0.1, -0.05) is 39.8 Å². The third-order valence-corrected chi connectivity index (χ3v) is 7.29. The second kappa shape index (κ2) is 11.3. The van der Waals surface area contributed by atoms with Crippen LogP contribution in [0.25, 0.3) is 0 Å². The van der Waals surface area contributed by atoms with Crippen LogP contribution in [0.15, 0.2) is 47.4 Å². The minimum absolute atomic E-state index is 0.0671. The van der Waals surface area contributed by atoms with E-state index in [9.17, 15) is 13.2 Å². The van der Waals surface area contributed by atoms with E-state index in [-0.39, 0.29) is 10.5 Å². The van der Waals surface area contributed by atoms with Crippen LogP contribution in [-0.2, 0) is 16.6 Å². The van der Waals surface area contributed by atoms with E-state index in [4.69, 9.17) is 4.74 Å². The van der Waals surface area contributed by atoms with E-state index in [2.05, 4.69) is 24.1 Å². The predicted octanol–water partition coefficient (Wildman–Crippen LogP) is 3.82. The first kappa shape index (κ1) is 24.8. The number of carbonyl (C=O) groups excluding carboxylic acids is 1. The fourth-order valence-electron chi connectivity index (χ4n) is 3.39. The summed E-state index contributed by atoms with van der Waals surface area (Å²) in [4.78, 5) is 15.4. The molecule has 0 aliphatic carbocycles. The summed E-state index contributed by atoms with van der Waals surface area (Å²) in [7, 11) is -2.24. The van der Waals surface area contributed by atoms with Crippen LogP contribution in [0.5, 0.6) is 5.75 Å². The zero-order valence-electron chi connectivity index (χ0n) is 19.0. The van der Waals surface area contributed by atoms with Gasteiger partial charge in [0, 0.05) is 25.3 Å². The van der Waals surface area contributed by atoms with Crippen molar-refractivity contribution >= 4 is 21.6 Å². The molecular weight excluding hydrogens is 414 g/mol. The molecule has 8 heteroatoms. The van der Waals surface area contributed by atoms with Crippen molar-refractivity contribution in [2.45, 2.75) is 39.1 Å². The zero-order valence-corrected chi connectivity index (χ0v) is 19.8. The molecule has 0 bridgehead atoms. The fraction of sp³-hybridized carbons (Fsp3) is 0.435. The summed E-state index contributed by atoms with van der Waals surface area (Å²) in [5.41, 5.74) is 1.91. The summed E-state index contributed by atoms with van der Waals surface area (Å²) in [6, 6.07) is 12.0. The van der Waals surface area contributed by atoms with Crippen LogP contribution in [0.3, 0.4) is 0 Å². The molecule has 0 radical (unpaired) electrons. The largest absolute Gasteiger partial charge is 0.496 e. The van der Waals surface area contributed by atoms with Gasteiger partial charge in [-0.05, 0) is 49.0 Å². The maximum absolute atomic E-state index is 13.0. The number of nitrogens with one attached hydrogen (secondary N) is 1.